The van der Waals surface area contributed by atoms with Crippen LogP contribution >= 0.6 is 0 Å². The molecule has 0 aromatic rings. The summed E-state index contributed by atoms with van der Waals surface area (Å²) < 4.78 is 26.9. The fourth-order valence-electron chi connectivity index (χ4n) is 3.99. The normalized spacial score (nSPS) is 53.7. The molecule has 3 aliphatic rings. The summed E-state index contributed by atoms with van der Waals surface area (Å²) in [6.07, 6.45) is -24.0. The second-order valence-corrected chi connectivity index (χ2v) is 8.32. The van der Waals surface area contributed by atoms with Gasteiger partial charge in [-0.1, -0.05) is 0 Å². The maximum Gasteiger partial charge on any atom is 0.187 e. The SMILES string of the molecule is C[C@@H]1O[C@@H](O[C@@H]2[C@@H](O)[C@H](O)O[C@H](CO)[C@@H]2O[C@H]2O[C@H](CO)[C@@H](O)[C@H](O)[C@H]2O)[C@H](O)[C@H](O)[C@H]1O. The topological polar surface area (TPSA) is 248 Å². The van der Waals surface area contributed by atoms with Gasteiger partial charge in [0.1, 0.15) is 67.1 Å². The molecule has 0 aromatic heterocycles. The van der Waals surface area contributed by atoms with Crippen LogP contribution in [0.25, 0.3) is 0 Å². The van der Waals surface area contributed by atoms with Crippen LogP contribution in [-0.2, 0) is 23.7 Å². The van der Waals surface area contributed by atoms with Crippen LogP contribution in [0.1, 0.15) is 6.92 Å². The van der Waals surface area contributed by atoms with Gasteiger partial charge < -0.3 is 74.7 Å². The van der Waals surface area contributed by atoms with Crippen LogP contribution in [0.4, 0.5) is 0 Å². The van der Waals surface area contributed by atoms with E-state index >= 15 is 0 Å². The van der Waals surface area contributed by atoms with Crippen molar-refractivity contribution in [2.24, 2.45) is 0 Å². The van der Waals surface area contributed by atoms with Gasteiger partial charge in [0.2, 0.25) is 0 Å². The Kier molecular flexibility index (Phi) is 8.99. The fraction of sp³-hybridized carbons (Fsp3) is 1.00. The molecule has 0 saturated carbocycles. The molecule has 3 heterocycles. The van der Waals surface area contributed by atoms with E-state index in [0.717, 1.165) is 0 Å². The molecule has 3 fully saturated rings. The molecule has 33 heavy (non-hydrogen) atoms. The maximum absolute atomic E-state index is 10.5. The van der Waals surface area contributed by atoms with E-state index in [0.29, 0.717) is 0 Å². The molecule has 0 radical (unpaired) electrons. The largest absolute Gasteiger partial charge is 0.394 e. The number of rotatable bonds is 6. The maximum atomic E-state index is 10.5. The molecule has 0 unspecified atom stereocenters. The predicted octanol–water partition coefficient (Wildman–Crippen LogP) is -6.55. The van der Waals surface area contributed by atoms with Crippen molar-refractivity contribution in [2.75, 3.05) is 13.2 Å². The molecule has 3 rings (SSSR count). The first kappa shape index (κ1) is 27.0. The highest BCUT2D eigenvalue weighted by Gasteiger charge is 2.53. The van der Waals surface area contributed by atoms with Crippen molar-refractivity contribution in [1.29, 1.82) is 0 Å². The van der Waals surface area contributed by atoms with Crippen LogP contribution < -0.4 is 0 Å². The highest BCUT2D eigenvalue weighted by atomic mass is 16.8. The Morgan fingerprint density at radius 3 is 1.64 bits per heavy atom. The first-order valence-electron chi connectivity index (χ1n) is 10.4. The summed E-state index contributed by atoms with van der Waals surface area (Å²) in [7, 11) is 0. The van der Waals surface area contributed by atoms with E-state index < -0.39 is 105 Å². The first-order chi connectivity index (χ1) is 15.5. The van der Waals surface area contributed by atoms with Gasteiger partial charge in [0.25, 0.3) is 0 Å². The third-order valence-electron chi connectivity index (χ3n) is 6.05. The lowest BCUT2D eigenvalue weighted by molar-refractivity contribution is -0.382. The summed E-state index contributed by atoms with van der Waals surface area (Å²) in [6, 6.07) is 0. The minimum Gasteiger partial charge on any atom is -0.394 e. The Labute approximate surface area is 187 Å². The van der Waals surface area contributed by atoms with Gasteiger partial charge in [-0.05, 0) is 6.92 Å². The second-order valence-electron chi connectivity index (χ2n) is 8.32. The van der Waals surface area contributed by atoms with Crippen molar-refractivity contribution in [1.82, 2.24) is 0 Å². The van der Waals surface area contributed by atoms with E-state index in [-0.39, 0.29) is 0 Å². The van der Waals surface area contributed by atoms with Crippen molar-refractivity contribution < 1.29 is 74.7 Å². The van der Waals surface area contributed by atoms with Crippen LogP contribution in [0.15, 0.2) is 0 Å². The lowest BCUT2D eigenvalue weighted by Crippen LogP contribution is -2.66. The van der Waals surface area contributed by atoms with Crippen molar-refractivity contribution in [3.8, 4) is 0 Å². The lowest BCUT2D eigenvalue weighted by atomic mass is 9.96. The van der Waals surface area contributed by atoms with Gasteiger partial charge in [0, 0.05) is 0 Å². The molecule has 0 aliphatic carbocycles. The third-order valence-corrected chi connectivity index (χ3v) is 6.05. The molecule has 0 aromatic carbocycles. The third kappa shape index (κ3) is 5.32. The smallest absolute Gasteiger partial charge is 0.187 e. The summed E-state index contributed by atoms with van der Waals surface area (Å²) in [4.78, 5) is 0. The summed E-state index contributed by atoms with van der Waals surface area (Å²) in [5.41, 5.74) is 0. The fourth-order valence-corrected chi connectivity index (χ4v) is 3.99. The van der Waals surface area contributed by atoms with Crippen molar-refractivity contribution >= 4 is 0 Å². The monoisotopic (exact) mass is 488 g/mol. The van der Waals surface area contributed by atoms with E-state index in [1.165, 1.54) is 6.92 Å². The molecule has 0 bridgehead atoms. The number of hydrogen-bond acceptors (Lipinski definition) is 15. The summed E-state index contributed by atoms with van der Waals surface area (Å²) in [6.45, 7) is -0.127. The molecule has 15 heteroatoms. The van der Waals surface area contributed by atoms with Gasteiger partial charge in [-0.15, -0.1) is 0 Å². The Bertz CT molecular complexity index is 624. The van der Waals surface area contributed by atoms with Gasteiger partial charge in [-0.2, -0.15) is 0 Å². The van der Waals surface area contributed by atoms with Crippen LogP contribution in [0, 0.1) is 0 Å². The average molecular weight is 488 g/mol. The van der Waals surface area contributed by atoms with Crippen LogP contribution in [0.5, 0.6) is 0 Å². The molecule has 194 valence electrons. The summed E-state index contributed by atoms with van der Waals surface area (Å²) in [5, 5.41) is 99.8. The van der Waals surface area contributed by atoms with Gasteiger partial charge >= 0.3 is 0 Å². The predicted molar refractivity (Wildman–Crippen MR) is 99.8 cm³/mol. The van der Waals surface area contributed by atoms with Crippen molar-refractivity contribution in [2.45, 2.75) is 99.0 Å². The van der Waals surface area contributed by atoms with E-state index in [1.807, 2.05) is 0 Å². The van der Waals surface area contributed by atoms with Gasteiger partial charge in [0.05, 0.1) is 19.3 Å². The van der Waals surface area contributed by atoms with E-state index in [4.69, 9.17) is 23.7 Å². The number of hydrogen-bond donors (Lipinski definition) is 10. The zero-order valence-corrected chi connectivity index (χ0v) is 17.6. The number of aliphatic hydroxyl groups excluding tert-OH is 10. The highest BCUT2D eigenvalue weighted by Crippen LogP contribution is 2.32. The molecule has 15 atom stereocenters. The van der Waals surface area contributed by atoms with Crippen molar-refractivity contribution in [3.05, 3.63) is 0 Å². The molecular weight excluding hydrogens is 456 g/mol. The zero-order valence-electron chi connectivity index (χ0n) is 17.6. The van der Waals surface area contributed by atoms with Gasteiger partial charge in [-0.25, -0.2) is 0 Å². The van der Waals surface area contributed by atoms with E-state index in [9.17, 15) is 51.1 Å². The van der Waals surface area contributed by atoms with Crippen molar-refractivity contribution in [3.63, 3.8) is 0 Å². The van der Waals surface area contributed by atoms with Gasteiger partial charge in [0.15, 0.2) is 18.9 Å². The Balaban J connectivity index is 1.83. The van der Waals surface area contributed by atoms with Crippen LogP contribution in [0.2, 0.25) is 0 Å². The molecule has 3 saturated heterocycles. The minimum absolute atomic E-state index is 0.739. The standard InChI is InChI=1S/C18H32O15/c1-4-7(21)9(23)11(25)17(29-4)33-15-13(27)16(28)30-6(3-20)14(15)32-18-12(26)10(24)8(22)5(2-19)31-18/h4-28H,2-3H2,1H3/t4-,5+,6+,7-,8+,9+,10-,11+,12+,13+,14-,15+,16+,17-,18+/m0/s1. The minimum atomic E-state index is -1.88. The molecule has 15 nitrogen and oxygen atoms in total. The average Bonchev–Trinajstić information content (AvgIpc) is 2.80. The molecule has 0 amide bonds. The van der Waals surface area contributed by atoms with Gasteiger partial charge in [-0.3, -0.25) is 0 Å². The first-order valence-corrected chi connectivity index (χ1v) is 10.4. The summed E-state index contributed by atoms with van der Waals surface area (Å²) >= 11 is 0. The van der Waals surface area contributed by atoms with E-state index in [2.05, 4.69) is 0 Å². The van der Waals surface area contributed by atoms with Crippen LogP contribution in [0.3, 0.4) is 0 Å². The van der Waals surface area contributed by atoms with E-state index in [1.54, 1.807) is 0 Å². The highest BCUT2D eigenvalue weighted by molar-refractivity contribution is 4.96. The number of aliphatic hydroxyl groups is 10. The Morgan fingerprint density at radius 2 is 1.06 bits per heavy atom. The summed E-state index contributed by atoms with van der Waals surface area (Å²) in [5.74, 6) is 0. The zero-order chi connectivity index (χ0) is 24.6. The molecule has 3 aliphatic heterocycles. The lowest BCUT2D eigenvalue weighted by Gasteiger charge is -2.48. The van der Waals surface area contributed by atoms with Crippen LogP contribution in [-0.4, -0.2) is 156 Å². The molecule has 10 N–H and O–H groups in total. The quantitative estimate of drug-likeness (QED) is 0.167. The molecule has 0 spiro atoms. The second kappa shape index (κ2) is 11.0. The number of ether oxygens (including phenoxy) is 5. The Morgan fingerprint density at radius 1 is 0.545 bits per heavy atom. The Hall–Kier alpha value is -0.600. The molecular formula is C18H32O15.